The predicted octanol–water partition coefficient (Wildman–Crippen LogP) is 17.4. The maximum absolute atomic E-state index is 12.5. The minimum atomic E-state index is -1.67. The fourth-order valence-corrected chi connectivity index (χ4v) is 11.1. The van der Waals surface area contributed by atoms with Crippen LogP contribution in [0.5, 0.6) is 92.0 Å². The van der Waals surface area contributed by atoms with Crippen LogP contribution in [0.15, 0.2) is 206 Å². The Labute approximate surface area is 858 Å². The summed E-state index contributed by atoms with van der Waals surface area (Å²) in [5, 5.41) is 36.5. The van der Waals surface area contributed by atoms with Crippen LogP contribution in [-0.2, 0) is 66.4 Å². The summed E-state index contributed by atoms with van der Waals surface area (Å²) in [5.74, 6) is 3.94. The number of hydrogen-bond donors (Lipinski definition) is 4. The van der Waals surface area contributed by atoms with Crippen LogP contribution in [0.25, 0.3) is 0 Å². The first-order valence-electron chi connectivity index (χ1n) is 38.1. The first-order valence-corrected chi connectivity index (χ1v) is 45.1. The summed E-state index contributed by atoms with van der Waals surface area (Å²) in [6.07, 6.45) is 0. The third-order valence-corrected chi connectivity index (χ3v) is 17.2. The Balaban J connectivity index is 0.000000477. The van der Waals surface area contributed by atoms with Crippen molar-refractivity contribution in [3.05, 3.63) is 258 Å². The number of ether oxygens (including phenoxy) is 19. The molecule has 0 aromatic heterocycles. The van der Waals surface area contributed by atoms with E-state index in [9.17, 15) is 28.8 Å². The Morgan fingerprint density at radius 1 is 0.291 bits per heavy atom. The minimum absolute atomic E-state index is 0. The van der Waals surface area contributed by atoms with Gasteiger partial charge in [-0.05, 0) is 199 Å². The van der Waals surface area contributed by atoms with Gasteiger partial charge in [0.05, 0.1) is 67.9 Å². The predicted molar refractivity (Wildman–Crippen MR) is 502 cm³/mol. The fourth-order valence-electron chi connectivity index (χ4n) is 9.18. The number of aliphatic hydroxyl groups excluding tert-OH is 2. The Morgan fingerprint density at radius 3 is 0.761 bits per heavy atom. The number of carbonyl (C=O) groups is 6. The molecular formula is C88H83Cl13NaO31S-. The van der Waals surface area contributed by atoms with Gasteiger partial charge >= 0.3 is 53.4 Å². The van der Waals surface area contributed by atoms with Crippen molar-refractivity contribution in [1.29, 1.82) is 0 Å². The van der Waals surface area contributed by atoms with E-state index in [0.717, 1.165) is 0 Å². The molecule has 0 bridgehead atoms. The van der Waals surface area contributed by atoms with Gasteiger partial charge in [-0.3, -0.25) is 9.59 Å². The van der Waals surface area contributed by atoms with Crippen molar-refractivity contribution in [3.63, 3.8) is 0 Å². The van der Waals surface area contributed by atoms with Crippen LogP contribution in [-0.4, -0.2) is 210 Å². The van der Waals surface area contributed by atoms with Crippen molar-refractivity contribution in [1.82, 2.24) is 0 Å². The number of benzene rings is 10. The van der Waals surface area contributed by atoms with Crippen molar-refractivity contribution >= 4 is 193 Å². The Kier molecular flexibility index (Phi) is 63.8. The number of aliphatic carboxylic acids is 2. The van der Waals surface area contributed by atoms with Crippen LogP contribution in [0.1, 0.15) is 0 Å². The second-order valence-electron chi connectivity index (χ2n) is 24.6. The van der Waals surface area contributed by atoms with Crippen LogP contribution < -0.4 is 91.1 Å². The van der Waals surface area contributed by atoms with Gasteiger partial charge in [0, 0.05) is 64.4 Å². The van der Waals surface area contributed by atoms with Gasteiger partial charge in [0.1, 0.15) is 156 Å². The first-order chi connectivity index (χ1) is 63.4. The molecule has 0 fully saturated rings. The molecule has 10 aromatic rings. The molecule has 0 heterocycles. The molecule has 46 heteroatoms. The average molecular weight is 2150 g/mol. The van der Waals surface area contributed by atoms with Gasteiger partial charge in [-0.25, -0.2) is 23.4 Å². The first kappa shape index (κ1) is 120. The van der Waals surface area contributed by atoms with E-state index < -0.39 is 43.6 Å². The summed E-state index contributed by atoms with van der Waals surface area (Å²) in [4.78, 5) is 66.2. The quantitative estimate of drug-likeness (QED) is 0.00687. The molecule has 0 aliphatic rings. The normalized spacial score (nSPS) is 10.2. The van der Waals surface area contributed by atoms with E-state index in [2.05, 4.69) is 27.4 Å². The molecule has 10 rings (SSSR count). The molecule has 0 saturated carbocycles. The van der Waals surface area contributed by atoms with Gasteiger partial charge in [-0.15, -0.1) is 12.1 Å². The van der Waals surface area contributed by atoms with Crippen molar-refractivity contribution in [3.8, 4) is 92.0 Å². The Morgan fingerprint density at radius 2 is 0.522 bits per heavy atom. The molecule has 0 unspecified atom stereocenters. The molecule has 5 N–H and O–H groups in total. The van der Waals surface area contributed by atoms with Crippen LogP contribution in [0.2, 0.25) is 45.2 Å². The number of carboxylic acid groups (broad SMARTS) is 2. The van der Waals surface area contributed by atoms with Crippen molar-refractivity contribution < 1.29 is 178 Å². The van der Waals surface area contributed by atoms with Gasteiger partial charge < -0.3 is 116 Å². The van der Waals surface area contributed by atoms with Crippen LogP contribution in [0.3, 0.4) is 0 Å². The molecule has 31 nitrogen and oxygen atoms in total. The van der Waals surface area contributed by atoms with E-state index in [-0.39, 0.29) is 200 Å². The average Bonchev–Trinajstić information content (AvgIpc) is 0.837. The van der Waals surface area contributed by atoms with Crippen molar-refractivity contribution in [2.75, 3.05) is 145 Å². The van der Waals surface area contributed by atoms with E-state index in [1.165, 1.54) is 24.3 Å². The number of carboxylic acids is 2. The SMILES string of the molecule is Clc1c[c-]c(Oc2ccc(Cl)cc2Cl)cc1.O=C(COCCOc1ccc(OCCOCC(=O)Oc2cc(Cl)ccc2Oc2ccc(Cl)cc2Cl)cc1)Oc1cc(Cl)ccc1Oc1ccc(Cl)cc1Cl.O=C(Cl)COCCOc1ccc(OCCOCC(=O)Cl)cc1.O=C(O)COCCOc1ccc(OCCOCC(=O)O)cc1.O=S(Cl)Cl.OCCOc1ccc(OCCO)cc1.[Na+].[OH-]. The fraction of sp³-hybridized carbons (Fsp3) is 0.250. The number of carbonyl (C=O) groups excluding carboxylic acids is 4. The molecule has 0 aliphatic carbocycles. The number of aliphatic hydroxyl groups is 2. The van der Waals surface area contributed by atoms with Crippen molar-refractivity contribution in [2.45, 2.75) is 0 Å². The van der Waals surface area contributed by atoms with Gasteiger partial charge in [0.15, 0.2) is 23.0 Å². The smallest absolute Gasteiger partial charge is 0.870 e. The largest absolute Gasteiger partial charge is 1.00 e. The number of hydrogen-bond acceptors (Lipinski definition) is 29. The second kappa shape index (κ2) is 71.3. The minimum Gasteiger partial charge on any atom is -0.870 e. The van der Waals surface area contributed by atoms with Gasteiger partial charge in [-0.1, -0.05) is 97.8 Å². The zero-order valence-electron chi connectivity index (χ0n) is 70.4. The zero-order chi connectivity index (χ0) is 96.2. The zero-order valence-corrected chi connectivity index (χ0v) is 83.0. The third kappa shape index (κ3) is 55.9. The second-order valence-corrected chi connectivity index (χ2v) is 31.9. The van der Waals surface area contributed by atoms with Gasteiger partial charge in [0.25, 0.3) is 0 Å². The maximum Gasteiger partial charge on any atom is 1.00 e. The summed E-state index contributed by atoms with van der Waals surface area (Å²) >= 11 is 64.2. The topological polar surface area (TPSA) is 406 Å². The van der Waals surface area contributed by atoms with Crippen LogP contribution >= 0.6 is 149 Å². The molecular weight excluding hydrogens is 2070 g/mol. The molecule has 134 heavy (non-hydrogen) atoms. The number of halogens is 13. The number of esters is 2. The summed E-state index contributed by atoms with van der Waals surface area (Å²) in [7, 11) is 7.36. The summed E-state index contributed by atoms with van der Waals surface area (Å²) in [6.45, 7) is 1.50. The maximum atomic E-state index is 12.5. The molecule has 0 radical (unpaired) electrons. The molecule has 720 valence electrons. The molecule has 0 amide bonds. The van der Waals surface area contributed by atoms with E-state index in [4.69, 9.17) is 242 Å². The molecule has 0 saturated heterocycles. The molecule has 0 aliphatic heterocycles. The monoisotopic (exact) mass is 2150 g/mol. The van der Waals surface area contributed by atoms with E-state index >= 15 is 0 Å². The van der Waals surface area contributed by atoms with Gasteiger partial charge in [-0.2, -0.15) is 23.7 Å². The Bertz CT molecular complexity index is 4780. The summed E-state index contributed by atoms with van der Waals surface area (Å²) in [6, 6.07) is 59.2. The van der Waals surface area contributed by atoms with Crippen molar-refractivity contribution in [2.24, 2.45) is 0 Å². The third-order valence-electron chi connectivity index (χ3n) is 14.7. The summed E-state index contributed by atoms with van der Waals surface area (Å²) < 4.78 is 111. The number of rotatable bonds is 50. The van der Waals surface area contributed by atoms with Gasteiger partial charge in [0.2, 0.25) is 19.7 Å². The standard InChI is InChI=1S/C38H28Cl6O10.C14H16Cl2O6.C14H18O8.C12H6Cl3O.C10H14O4.Cl2OS.Na.H2O/c39-23-1-9-31(29(43)17-23)51-33-11-3-25(41)19-35(33)53-37(45)21-47-13-15-49-27-5-7-28(8-6-27)50-16-14-48-22-38(46)54-36-20-26(42)4-12-34(36)52-32-10-2-24(40)18-30(32)44;15-13(17)9-19-5-7-21-11-1-2-12(4-3-11)22-8-6-20-10-14(16)18;15-13(16)9-19-5-7-21-11-1-2-12(4-3-11)22-8-6-20-10-14(17)18;13-8-1-4-10(5-2-8)16-12-6-3-9(14)7-11(12)15;11-5-7-13-9-1-2-10(4-3-9)14-8-6-12;1-4(2)3;;/h1-12,17-20H,13-16,21-22H2;1-4H,5-10H2;1-4H,5-10H2,(H,15,16)(H,17,18);1-4,6-7H;1-4,11-12H,5-8H2;;;1H2/q;;;-1;;;+1;/p-1. The molecule has 0 atom stereocenters. The molecule has 0 spiro atoms. The van der Waals surface area contributed by atoms with E-state index in [0.29, 0.717) is 117 Å². The van der Waals surface area contributed by atoms with Crippen LogP contribution in [0.4, 0.5) is 0 Å². The van der Waals surface area contributed by atoms with E-state index in [1.807, 2.05) is 0 Å². The Hall–Kier alpha value is -8.22. The summed E-state index contributed by atoms with van der Waals surface area (Å²) in [5.41, 5.74) is 0. The van der Waals surface area contributed by atoms with E-state index in [1.54, 1.807) is 182 Å². The van der Waals surface area contributed by atoms with Crippen LogP contribution in [0, 0.1) is 6.07 Å². The molecule has 10 aromatic carbocycles.